The molecule has 110 valence electrons. The molecule has 0 aromatic heterocycles. The van der Waals surface area contributed by atoms with Crippen molar-refractivity contribution in [3.05, 3.63) is 0 Å². The Kier molecular flexibility index (Phi) is 4.39. The summed E-state index contributed by atoms with van der Waals surface area (Å²) in [6, 6.07) is 0. The Bertz CT molecular complexity index is 286. The summed E-state index contributed by atoms with van der Waals surface area (Å²) in [5, 5.41) is 0. The molecule has 0 aromatic rings. The molecule has 4 heteroatoms. The SMILES string of the molecule is CN(C)C12CC3CC(CC(C3)C1)C2.COC(=O)OC. The van der Waals surface area contributed by atoms with E-state index in [-0.39, 0.29) is 0 Å². The first-order valence-electron chi connectivity index (χ1n) is 7.28. The summed E-state index contributed by atoms with van der Waals surface area (Å²) >= 11 is 0. The molecule has 4 aliphatic rings. The lowest BCUT2D eigenvalue weighted by molar-refractivity contribution is -0.0697. The van der Waals surface area contributed by atoms with Crippen LogP contribution in [0.2, 0.25) is 0 Å². The average molecular weight is 269 g/mol. The molecule has 0 heterocycles. The zero-order chi connectivity index (χ0) is 14.0. The molecule has 0 atom stereocenters. The summed E-state index contributed by atoms with van der Waals surface area (Å²) in [5.74, 6) is 3.27. The highest BCUT2D eigenvalue weighted by atomic mass is 16.7. The van der Waals surface area contributed by atoms with E-state index in [0.717, 1.165) is 17.8 Å². The molecule has 0 amide bonds. The minimum Gasteiger partial charge on any atom is -0.438 e. The first-order valence-corrected chi connectivity index (χ1v) is 7.28. The molecule has 0 radical (unpaired) electrons. The third-order valence-electron chi connectivity index (χ3n) is 5.29. The Morgan fingerprint density at radius 3 is 1.53 bits per heavy atom. The van der Waals surface area contributed by atoms with E-state index in [2.05, 4.69) is 28.5 Å². The first kappa shape index (κ1) is 14.6. The van der Waals surface area contributed by atoms with Crippen LogP contribution < -0.4 is 0 Å². The van der Waals surface area contributed by atoms with Gasteiger partial charge in [-0.15, -0.1) is 0 Å². The van der Waals surface area contributed by atoms with Crippen LogP contribution in [0.1, 0.15) is 38.5 Å². The first-order chi connectivity index (χ1) is 8.99. The van der Waals surface area contributed by atoms with Crippen LogP contribution in [0, 0.1) is 17.8 Å². The number of nitrogens with zero attached hydrogens (tertiary/aromatic N) is 1. The van der Waals surface area contributed by atoms with E-state index in [1.54, 1.807) is 19.3 Å². The van der Waals surface area contributed by atoms with Crippen molar-refractivity contribution in [1.82, 2.24) is 4.90 Å². The number of hydrogen-bond acceptors (Lipinski definition) is 4. The molecule has 4 fully saturated rings. The van der Waals surface area contributed by atoms with Gasteiger partial charge in [0.25, 0.3) is 0 Å². The average Bonchev–Trinajstić information content (AvgIpc) is 2.37. The van der Waals surface area contributed by atoms with Crippen molar-refractivity contribution >= 4 is 6.16 Å². The zero-order valence-electron chi connectivity index (χ0n) is 12.6. The fraction of sp³-hybridized carbons (Fsp3) is 0.933. The monoisotopic (exact) mass is 269 g/mol. The lowest BCUT2D eigenvalue weighted by atomic mass is 9.52. The molecule has 4 saturated carbocycles. The number of methoxy groups -OCH3 is 2. The minimum atomic E-state index is -0.657. The van der Waals surface area contributed by atoms with Crippen molar-refractivity contribution in [2.45, 2.75) is 44.1 Å². The lowest BCUT2D eigenvalue weighted by Crippen LogP contribution is -2.57. The largest absolute Gasteiger partial charge is 0.507 e. The maximum Gasteiger partial charge on any atom is 0.507 e. The molecule has 4 bridgehead atoms. The summed E-state index contributed by atoms with van der Waals surface area (Å²) < 4.78 is 8.08. The molecule has 0 unspecified atom stereocenters. The van der Waals surface area contributed by atoms with Crippen LogP contribution in [0.3, 0.4) is 0 Å². The van der Waals surface area contributed by atoms with Gasteiger partial charge in [-0.05, 0) is 70.4 Å². The van der Waals surface area contributed by atoms with E-state index < -0.39 is 6.16 Å². The summed E-state index contributed by atoms with van der Waals surface area (Å²) in [4.78, 5) is 12.3. The van der Waals surface area contributed by atoms with Crippen molar-refractivity contribution in [1.29, 1.82) is 0 Å². The topological polar surface area (TPSA) is 38.8 Å². The Hall–Kier alpha value is -0.770. The van der Waals surface area contributed by atoms with Gasteiger partial charge in [0.15, 0.2) is 0 Å². The van der Waals surface area contributed by atoms with Gasteiger partial charge in [-0.3, -0.25) is 0 Å². The highest BCUT2D eigenvalue weighted by molar-refractivity contribution is 5.59. The van der Waals surface area contributed by atoms with Crippen LogP contribution in [-0.4, -0.2) is 44.9 Å². The van der Waals surface area contributed by atoms with E-state index in [4.69, 9.17) is 0 Å². The van der Waals surface area contributed by atoms with Crippen molar-refractivity contribution in [2.24, 2.45) is 17.8 Å². The Balaban J connectivity index is 0.000000192. The lowest BCUT2D eigenvalue weighted by Gasteiger charge is -2.59. The summed E-state index contributed by atoms with van der Waals surface area (Å²) in [5.41, 5.74) is 0.634. The predicted octanol–water partition coefficient (Wildman–Crippen LogP) is 2.92. The summed E-state index contributed by atoms with van der Waals surface area (Å²) in [6.45, 7) is 0. The fourth-order valence-electron chi connectivity index (χ4n) is 4.70. The third-order valence-corrected chi connectivity index (χ3v) is 5.29. The standard InChI is InChI=1S/C12H21N.C3H6O3/c1-13(2)12-6-9-3-10(7-12)5-11(4-9)8-12;1-5-3(4)6-2/h9-11H,3-8H2,1-2H3;1-2H3. The van der Waals surface area contributed by atoms with Gasteiger partial charge < -0.3 is 14.4 Å². The summed E-state index contributed by atoms with van der Waals surface area (Å²) in [7, 11) is 7.11. The van der Waals surface area contributed by atoms with Crippen molar-refractivity contribution in [3.63, 3.8) is 0 Å². The molecular formula is C15H27NO3. The second-order valence-electron chi connectivity index (χ2n) is 6.69. The van der Waals surface area contributed by atoms with Gasteiger partial charge >= 0.3 is 6.16 Å². The smallest absolute Gasteiger partial charge is 0.438 e. The van der Waals surface area contributed by atoms with Gasteiger partial charge in [0.1, 0.15) is 0 Å². The van der Waals surface area contributed by atoms with Gasteiger partial charge in [-0.2, -0.15) is 0 Å². The molecule has 19 heavy (non-hydrogen) atoms. The maximum absolute atomic E-state index is 9.74. The van der Waals surface area contributed by atoms with Crippen LogP contribution >= 0.6 is 0 Å². The van der Waals surface area contributed by atoms with Crippen LogP contribution in [-0.2, 0) is 9.47 Å². The van der Waals surface area contributed by atoms with Crippen molar-refractivity contribution in [2.75, 3.05) is 28.3 Å². The van der Waals surface area contributed by atoms with Crippen molar-refractivity contribution in [3.8, 4) is 0 Å². The molecule has 4 rings (SSSR count). The quantitative estimate of drug-likeness (QED) is 0.686. The molecule has 4 aliphatic carbocycles. The normalized spacial score (nSPS) is 38.7. The number of carbonyl (C=O) groups excluding carboxylic acids is 1. The van der Waals surface area contributed by atoms with Crippen LogP contribution in [0.25, 0.3) is 0 Å². The molecule has 0 aromatic carbocycles. The van der Waals surface area contributed by atoms with Crippen LogP contribution in [0.4, 0.5) is 4.79 Å². The summed E-state index contributed by atoms with van der Waals surface area (Å²) in [6.07, 6.45) is 8.55. The van der Waals surface area contributed by atoms with Gasteiger partial charge in [-0.25, -0.2) is 4.79 Å². The van der Waals surface area contributed by atoms with Gasteiger partial charge in [0, 0.05) is 5.54 Å². The Labute approximate surface area is 116 Å². The predicted molar refractivity (Wildman–Crippen MR) is 74.0 cm³/mol. The molecule has 0 spiro atoms. The van der Waals surface area contributed by atoms with E-state index in [9.17, 15) is 4.79 Å². The highest BCUT2D eigenvalue weighted by Gasteiger charge is 2.51. The third kappa shape index (κ3) is 3.04. The van der Waals surface area contributed by atoms with Crippen LogP contribution in [0.5, 0.6) is 0 Å². The van der Waals surface area contributed by atoms with E-state index in [1.807, 2.05) is 0 Å². The second-order valence-corrected chi connectivity index (χ2v) is 6.69. The molecular weight excluding hydrogens is 242 g/mol. The maximum atomic E-state index is 9.74. The van der Waals surface area contributed by atoms with Gasteiger partial charge in [0.05, 0.1) is 14.2 Å². The Morgan fingerprint density at radius 1 is 0.947 bits per heavy atom. The van der Waals surface area contributed by atoms with E-state index in [0.29, 0.717) is 5.54 Å². The van der Waals surface area contributed by atoms with Crippen LogP contribution in [0.15, 0.2) is 0 Å². The number of hydrogen-bond donors (Lipinski definition) is 0. The highest BCUT2D eigenvalue weighted by Crippen LogP contribution is 2.57. The second kappa shape index (κ2) is 5.70. The van der Waals surface area contributed by atoms with Gasteiger partial charge in [0.2, 0.25) is 0 Å². The number of rotatable bonds is 1. The molecule has 0 N–H and O–H groups in total. The molecule has 0 saturated heterocycles. The van der Waals surface area contributed by atoms with E-state index in [1.165, 1.54) is 33.5 Å². The molecule has 0 aliphatic heterocycles. The van der Waals surface area contributed by atoms with Crippen molar-refractivity contribution < 1.29 is 14.3 Å². The fourth-order valence-corrected chi connectivity index (χ4v) is 4.70. The number of ether oxygens (including phenoxy) is 2. The van der Waals surface area contributed by atoms with E-state index >= 15 is 0 Å². The Morgan fingerprint density at radius 2 is 1.32 bits per heavy atom. The zero-order valence-corrected chi connectivity index (χ0v) is 12.6. The number of carbonyl (C=O) groups is 1. The minimum absolute atomic E-state index is 0.634. The molecule has 4 nitrogen and oxygen atoms in total. The van der Waals surface area contributed by atoms with Gasteiger partial charge in [-0.1, -0.05) is 0 Å².